The van der Waals surface area contributed by atoms with E-state index in [-0.39, 0.29) is 17.9 Å². The predicted molar refractivity (Wildman–Crippen MR) is 109 cm³/mol. The van der Waals surface area contributed by atoms with E-state index in [1.165, 1.54) is 38.5 Å². The van der Waals surface area contributed by atoms with Gasteiger partial charge in [-0.1, -0.05) is 0 Å². The molecule has 1 spiro atoms. The number of hydrogen-bond donors (Lipinski definition) is 0. The van der Waals surface area contributed by atoms with E-state index in [9.17, 15) is 4.79 Å². The highest BCUT2D eigenvalue weighted by atomic mass is 16.7. The van der Waals surface area contributed by atoms with Gasteiger partial charge in [0.1, 0.15) is 6.10 Å². The van der Waals surface area contributed by atoms with Gasteiger partial charge in [0, 0.05) is 19.8 Å². The van der Waals surface area contributed by atoms with E-state index < -0.39 is 0 Å². The SMILES string of the molecule is CC(=O)OC1CCC2C(CCC3C2CCC2C4CC5(CCC=CO5)OC4CC23)C1. The van der Waals surface area contributed by atoms with Gasteiger partial charge in [0.15, 0.2) is 0 Å². The lowest BCUT2D eigenvalue weighted by molar-refractivity contribution is -0.207. The summed E-state index contributed by atoms with van der Waals surface area (Å²) < 4.78 is 18.2. The highest BCUT2D eigenvalue weighted by molar-refractivity contribution is 5.66. The van der Waals surface area contributed by atoms with Crippen LogP contribution in [-0.2, 0) is 19.0 Å². The number of rotatable bonds is 1. The summed E-state index contributed by atoms with van der Waals surface area (Å²) in [6, 6.07) is 0. The first kappa shape index (κ1) is 18.7. The average Bonchev–Trinajstić information content (AvgIpc) is 3.21. The molecule has 29 heavy (non-hydrogen) atoms. The van der Waals surface area contributed by atoms with Gasteiger partial charge >= 0.3 is 5.97 Å². The summed E-state index contributed by atoms with van der Waals surface area (Å²) in [5.41, 5.74) is 0. The molecular formula is C25H36O4. The molecule has 10 unspecified atom stereocenters. The number of fused-ring (bicyclic) bond motifs is 7. The van der Waals surface area contributed by atoms with Crippen molar-refractivity contribution in [2.75, 3.05) is 0 Å². The van der Waals surface area contributed by atoms with Crippen LogP contribution in [0.3, 0.4) is 0 Å². The second kappa shape index (κ2) is 7.00. The van der Waals surface area contributed by atoms with E-state index in [0.29, 0.717) is 6.10 Å². The van der Waals surface area contributed by atoms with Crippen molar-refractivity contribution >= 4 is 5.97 Å². The van der Waals surface area contributed by atoms with Gasteiger partial charge in [0.05, 0.1) is 12.4 Å². The number of carbonyl (C=O) groups is 1. The molecule has 10 atom stereocenters. The Labute approximate surface area is 174 Å². The van der Waals surface area contributed by atoms with E-state index >= 15 is 0 Å². The molecule has 0 aromatic rings. The van der Waals surface area contributed by atoms with Crippen LogP contribution in [0.2, 0.25) is 0 Å². The van der Waals surface area contributed by atoms with Crippen LogP contribution in [0.5, 0.6) is 0 Å². The van der Waals surface area contributed by atoms with Gasteiger partial charge in [-0.25, -0.2) is 0 Å². The molecule has 4 aliphatic carbocycles. The van der Waals surface area contributed by atoms with E-state index in [0.717, 1.165) is 73.5 Å². The highest BCUT2D eigenvalue weighted by Crippen LogP contribution is 2.63. The number of esters is 1. The lowest BCUT2D eigenvalue weighted by Crippen LogP contribution is -2.46. The van der Waals surface area contributed by atoms with Crippen molar-refractivity contribution in [2.24, 2.45) is 41.4 Å². The van der Waals surface area contributed by atoms with E-state index in [1.807, 2.05) is 6.26 Å². The van der Waals surface area contributed by atoms with Gasteiger partial charge in [0.25, 0.3) is 0 Å². The van der Waals surface area contributed by atoms with Gasteiger partial charge in [-0.2, -0.15) is 0 Å². The molecule has 2 aliphatic heterocycles. The Bertz CT molecular complexity index is 688. The smallest absolute Gasteiger partial charge is 0.302 e. The largest absolute Gasteiger partial charge is 0.470 e. The van der Waals surface area contributed by atoms with Crippen molar-refractivity contribution in [3.63, 3.8) is 0 Å². The lowest BCUT2D eigenvalue weighted by Gasteiger charge is -2.53. The second-order valence-electron chi connectivity index (χ2n) is 11.0. The van der Waals surface area contributed by atoms with E-state index in [2.05, 4.69) is 6.08 Å². The van der Waals surface area contributed by atoms with Gasteiger partial charge in [-0.05, 0) is 105 Å². The van der Waals surface area contributed by atoms with Crippen molar-refractivity contribution in [3.8, 4) is 0 Å². The molecule has 160 valence electrons. The van der Waals surface area contributed by atoms with Crippen molar-refractivity contribution in [3.05, 3.63) is 12.3 Å². The minimum Gasteiger partial charge on any atom is -0.470 e. The zero-order valence-corrected chi connectivity index (χ0v) is 17.8. The van der Waals surface area contributed by atoms with Crippen LogP contribution in [0.1, 0.15) is 77.6 Å². The molecule has 6 rings (SSSR count). The van der Waals surface area contributed by atoms with E-state index in [1.54, 1.807) is 6.92 Å². The molecule has 0 aromatic heterocycles. The van der Waals surface area contributed by atoms with Crippen LogP contribution in [-0.4, -0.2) is 24.0 Å². The molecule has 0 bridgehead atoms. The van der Waals surface area contributed by atoms with Crippen LogP contribution < -0.4 is 0 Å². The van der Waals surface area contributed by atoms with Gasteiger partial charge in [-0.3, -0.25) is 4.79 Å². The molecule has 2 heterocycles. The zero-order valence-electron chi connectivity index (χ0n) is 17.8. The first-order chi connectivity index (χ1) is 14.1. The zero-order chi connectivity index (χ0) is 19.6. The van der Waals surface area contributed by atoms with Crippen LogP contribution in [0.15, 0.2) is 12.3 Å². The summed E-state index contributed by atoms with van der Waals surface area (Å²) in [4.78, 5) is 11.4. The third-order valence-corrected chi connectivity index (χ3v) is 9.75. The molecule has 0 amide bonds. The molecule has 4 saturated carbocycles. The standard InChI is InChI=1S/C25H36O4/c1-15(26)28-17-5-7-18-16(12-17)4-6-20-19(18)8-9-21-22(20)13-24-23(21)14-25(29-24)10-2-3-11-27-25/h3,11,16-24H,2,4-10,12-14H2,1H3. The van der Waals surface area contributed by atoms with Crippen LogP contribution in [0.25, 0.3) is 0 Å². The normalized spacial score (nSPS) is 52.8. The Balaban J connectivity index is 1.13. The maximum atomic E-state index is 11.4. The fraction of sp³-hybridized carbons (Fsp3) is 0.880. The quantitative estimate of drug-likeness (QED) is 0.566. The Morgan fingerprint density at radius 1 is 0.931 bits per heavy atom. The molecule has 5 fully saturated rings. The molecule has 0 N–H and O–H groups in total. The summed E-state index contributed by atoms with van der Waals surface area (Å²) in [7, 11) is 0. The van der Waals surface area contributed by atoms with Crippen molar-refractivity contribution < 1.29 is 19.0 Å². The average molecular weight is 401 g/mol. The third kappa shape index (κ3) is 3.07. The van der Waals surface area contributed by atoms with Gasteiger partial charge in [0.2, 0.25) is 5.79 Å². The first-order valence-electron chi connectivity index (χ1n) is 12.3. The monoisotopic (exact) mass is 400 g/mol. The number of carbonyl (C=O) groups excluding carboxylic acids is 1. The third-order valence-electron chi connectivity index (χ3n) is 9.75. The summed E-state index contributed by atoms with van der Waals surface area (Å²) in [6.45, 7) is 1.56. The van der Waals surface area contributed by atoms with Crippen LogP contribution in [0, 0.1) is 41.4 Å². The highest BCUT2D eigenvalue weighted by Gasteiger charge is 2.60. The lowest BCUT2D eigenvalue weighted by atomic mass is 9.53. The minimum absolute atomic E-state index is 0.102. The second-order valence-corrected chi connectivity index (χ2v) is 11.0. The maximum Gasteiger partial charge on any atom is 0.302 e. The molecule has 0 radical (unpaired) electrons. The van der Waals surface area contributed by atoms with Crippen molar-refractivity contribution in [1.82, 2.24) is 0 Å². The molecule has 4 nitrogen and oxygen atoms in total. The maximum absolute atomic E-state index is 11.4. The summed E-state index contributed by atoms with van der Waals surface area (Å²) in [5, 5.41) is 0. The first-order valence-corrected chi connectivity index (χ1v) is 12.3. The Morgan fingerprint density at radius 3 is 2.48 bits per heavy atom. The topological polar surface area (TPSA) is 44.8 Å². The number of hydrogen-bond acceptors (Lipinski definition) is 4. The van der Waals surface area contributed by atoms with Gasteiger partial charge in [-0.15, -0.1) is 0 Å². The minimum atomic E-state index is -0.293. The summed E-state index contributed by atoms with van der Waals surface area (Å²) in [6.07, 6.45) is 18.2. The predicted octanol–water partition coefficient (Wildman–Crippen LogP) is 5.22. The molecular weight excluding hydrogens is 364 g/mol. The summed E-state index contributed by atoms with van der Waals surface area (Å²) in [5.74, 6) is 5.57. The Kier molecular flexibility index (Phi) is 4.52. The molecule has 1 saturated heterocycles. The summed E-state index contributed by atoms with van der Waals surface area (Å²) >= 11 is 0. The molecule has 6 aliphatic rings. The number of allylic oxidation sites excluding steroid dienone is 1. The number of ether oxygens (including phenoxy) is 3. The van der Waals surface area contributed by atoms with Crippen molar-refractivity contribution in [1.29, 1.82) is 0 Å². The fourth-order valence-electron chi connectivity index (χ4n) is 8.84. The van der Waals surface area contributed by atoms with Crippen molar-refractivity contribution in [2.45, 2.75) is 95.5 Å². The fourth-order valence-corrected chi connectivity index (χ4v) is 8.84. The molecule has 0 aromatic carbocycles. The van der Waals surface area contributed by atoms with Gasteiger partial charge < -0.3 is 14.2 Å². The molecule has 4 heteroatoms. The van der Waals surface area contributed by atoms with Crippen LogP contribution >= 0.6 is 0 Å². The Hall–Kier alpha value is -1.03. The van der Waals surface area contributed by atoms with Crippen LogP contribution in [0.4, 0.5) is 0 Å². The van der Waals surface area contributed by atoms with E-state index in [4.69, 9.17) is 14.2 Å². The Morgan fingerprint density at radius 2 is 1.69 bits per heavy atom.